The van der Waals surface area contributed by atoms with Crippen LogP contribution in [0, 0.1) is 0 Å². The van der Waals surface area contributed by atoms with Crippen molar-refractivity contribution in [2.24, 2.45) is 0 Å². The van der Waals surface area contributed by atoms with Gasteiger partial charge in [0.05, 0.1) is 0 Å². The summed E-state index contributed by atoms with van der Waals surface area (Å²) < 4.78 is 2.32. The summed E-state index contributed by atoms with van der Waals surface area (Å²) in [6.45, 7) is 1.06. The Hall–Kier alpha value is 0.270. The van der Waals surface area contributed by atoms with Crippen molar-refractivity contribution >= 4 is 50.0 Å². The minimum absolute atomic E-state index is 0. The smallest absolute Gasteiger partial charge is 0.0396 e. The van der Waals surface area contributed by atoms with E-state index in [0.29, 0.717) is 0 Å². The fourth-order valence-corrected chi connectivity index (χ4v) is 2.76. The topological polar surface area (TPSA) is 12.0 Å². The van der Waals surface area contributed by atoms with Crippen molar-refractivity contribution in [3.63, 3.8) is 0 Å². The van der Waals surface area contributed by atoms with Crippen LogP contribution in [0.1, 0.15) is 5.56 Å². The van der Waals surface area contributed by atoms with Gasteiger partial charge in [-0.25, -0.2) is 0 Å². The third kappa shape index (κ3) is 1.78. The summed E-state index contributed by atoms with van der Waals surface area (Å²) in [4.78, 5) is 0. The van der Waals surface area contributed by atoms with Crippen LogP contribution in [0.25, 0.3) is 0 Å². The fourth-order valence-electron chi connectivity index (χ4n) is 1.34. The molecule has 4 heteroatoms. The van der Waals surface area contributed by atoms with E-state index in [1.165, 1.54) is 15.7 Å². The van der Waals surface area contributed by atoms with Crippen LogP contribution in [0.2, 0.25) is 0 Å². The first-order valence-electron chi connectivity index (χ1n) is 3.49. The highest BCUT2D eigenvalue weighted by molar-refractivity contribution is 9.11. The van der Waals surface area contributed by atoms with Gasteiger partial charge in [0.2, 0.25) is 0 Å². The zero-order chi connectivity index (χ0) is 7.84. The summed E-state index contributed by atoms with van der Waals surface area (Å²) in [6.07, 6.45) is 1.13. The molecule has 1 N–H and O–H groups in total. The van der Waals surface area contributed by atoms with E-state index in [-0.39, 0.29) is 12.4 Å². The summed E-state index contributed by atoms with van der Waals surface area (Å²) in [5.41, 5.74) is 2.65. The third-order valence-corrected chi connectivity index (χ3v) is 3.02. The molecule has 0 unspecified atom stereocenters. The number of halogens is 3. The van der Waals surface area contributed by atoms with Gasteiger partial charge < -0.3 is 5.32 Å². The van der Waals surface area contributed by atoms with Crippen molar-refractivity contribution in [1.29, 1.82) is 0 Å². The van der Waals surface area contributed by atoms with Crippen LogP contribution in [-0.2, 0) is 6.42 Å². The van der Waals surface area contributed by atoms with Crippen molar-refractivity contribution < 1.29 is 0 Å². The van der Waals surface area contributed by atoms with Gasteiger partial charge in [-0.2, -0.15) is 0 Å². The number of benzene rings is 1. The van der Waals surface area contributed by atoms with Crippen LogP contribution >= 0.6 is 44.3 Å². The van der Waals surface area contributed by atoms with Crippen molar-refractivity contribution in [2.75, 3.05) is 11.9 Å². The predicted molar refractivity (Wildman–Crippen MR) is 61.3 cm³/mol. The maximum atomic E-state index is 3.53. The summed E-state index contributed by atoms with van der Waals surface area (Å²) in [6, 6.07) is 4.21. The SMILES string of the molecule is Brc1cc(Br)c2c(c1)NCC2.Cl. The van der Waals surface area contributed by atoms with Crippen LogP contribution in [0.5, 0.6) is 0 Å². The monoisotopic (exact) mass is 311 g/mol. The number of hydrogen-bond acceptors (Lipinski definition) is 1. The molecule has 2 rings (SSSR count). The van der Waals surface area contributed by atoms with Crippen LogP contribution in [-0.4, -0.2) is 6.54 Å². The van der Waals surface area contributed by atoms with E-state index in [0.717, 1.165) is 17.4 Å². The largest absolute Gasteiger partial charge is 0.384 e. The number of hydrogen-bond donors (Lipinski definition) is 1. The summed E-state index contributed by atoms with van der Waals surface area (Å²) in [5, 5.41) is 3.32. The van der Waals surface area contributed by atoms with E-state index in [2.05, 4.69) is 49.3 Å². The molecule has 1 nitrogen and oxygen atoms in total. The molecule has 1 aromatic rings. The third-order valence-electron chi connectivity index (χ3n) is 1.85. The minimum atomic E-state index is 0. The fraction of sp³-hybridized carbons (Fsp3) is 0.250. The number of rotatable bonds is 0. The van der Waals surface area contributed by atoms with E-state index < -0.39 is 0 Å². The molecule has 0 amide bonds. The second-order valence-electron chi connectivity index (χ2n) is 2.59. The molecule has 1 aromatic carbocycles. The Balaban J connectivity index is 0.000000720. The van der Waals surface area contributed by atoms with E-state index in [9.17, 15) is 0 Å². The van der Waals surface area contributed by atoms with Crippen LogP contribution in [0.3, 0.4) is 0 Å². The average molecular weight is 313 g/mol. The summed E-state index contributed by atoms with van der Waals surface area (Å²) >= 11 is 6.97. The van der Waals surface area contributed by atoms with Gasteiger partial charge in [-0.15, -0.1) is 12.4 Å². The van der Waals surface area contributed by atoms with Crippen molar-refractivity contribution in [3.05, 3.63) is 26.6 Å². The Morgan fingerprint density at radius 2 is 2.00 bits per heavy atom. The first-order chi connectivity index (χ1) is 5.27. The van der Waals surface area contributed by atoms with Crippen LogP contribution in [0.15, 0.2) is 21.1 Å². The Morgan fingerprint density at radius 3 is 2.75 bits per heavy atom. The lowest BCUT2D eigenvalue weighted by Crippen LogP contribution is -1.90. The molecule has 1 aliphatic rings. The van der Waals surface area contributed by atoms with Crippen LogP contribution in [0.4, 0.5) is 5.69 Å². The summed E-state index contributed by atoms with van der Waals surface area (Å²) in [7, 11) is 0. The number of nitrogens with one attached hydrogen (secondary N) is 1. The first-order valence-corrected chi connectivity index (χ1v) is 5.08. The van der Waals surface area contributed by atoms with Gasteiger partial charge in [-0.1, -0.05) is 31.9 Å². The second-order valence-corrected chi connectivity index (χ2v) is 4.36. The molecular weight excluding hydrogens is 305 g/mol. The predicted octanol–water partition coefficient (Wildman–Crippen LogP) is 3.60. The van der Waals surface area contributed by atoms with E-state index in [1.54, 1.807) is 0 Å². The van der Waals surface area contributed by atoms with Crippen LogP contribution < -0.4 is 5.32 Å². The maximum Gasteiger partial charge on any atom is 0.0396 e. The van der Waals surface area contributed by atoms with Crippen molar-refractivity contribution in [1.82, 2.24) is 0 Å². The van der Waals surface area contributed by atoms with Crippen molar-refractivity contribution in [2.45, 2.75) is 6.42 Å². The van der Waals surface area contributed by atoms with E-state index in [4.69, 9.17) is 0 Å². The zero-order valence-corrected chi connectivity index (χ0v) is 10.2. The molecule has 66 valence electrons. The molecule has 0 aromatic heterocycles. The quantitative estimate of drug-likeness (QED) is 0.772. The number of anilines is 1. The Labute approximate surface area is 94.6 Å². The van der Waals surface area contributed by atoms with E-state index in [1.807, 2.05) is 0 Å². The van der Waals surface area contributed by atoms with E-state index >= 15 is 0 Å². The zero-order valence-electron chi connectivity index (χ0n) is 6.23. The highest BCUT2D eigenvalue weighted by Crippen LogP contribution is 2.32. The highest BCUT2D eigenvalue weighted by Gasteiger charge is 2.13. The lowest BCUT2D eigenvalue weighted by atomic mass is 10.2. The van der Waals surface area contributed by atoms with Gasteiger partial charge in [-0.05, 0) is 24.1 Å². The lowest BCUT2D eigenvalue weighted by Gasteiger charge is -2.02. The molecule has 0 saturated heterocycles. The second kappa shape index (κ2) is 3.99. The molecule has 0 fully saturated rings. The average Bonchev–Trinajstić information content (AvgIpc) is 2.34. The van der Waals surface area contributed by atoms with Gasteiger partial charge >= 0.3 is 0 Å². The highest BCUT2D eigenvalue weighted by atomic mass is 79.9. The van der Waals surface area contributed by atoms with Gasteiger partial charge in [0, 0.05) is 21.2 Å². The first kappa shape index (κ1) is 10.4. The van der Waals surface area contributed by atoms with Gasteiger partial charge in [-0.3, -0.25) is 0 Å². The molecule has 0 aliphatic carbocycles. The Bertz CT molecular complexity index is 301. The molecule has 1 aliphatic heterocycles. The summed E-state index contributed by atoms with van der Waals surface area (Å²) in [5.74, 6) is 0. The molecule has 1 heterocycles. The number of fused-ring (bicyclic) bond motifs is 1. The maximum absolute atomic E-state index is 3.53. The Kier molecular flexibility index (Phi) is 3.44. The molecular formula is C8H8Br2ClN. The van der Waals surface area contributed by atoms with Gasteiger partial charge in [0.25, 0.3) is 0 Å². The molecule has 0 radical (unpaired) electrons. The van der Waals surface area contributed by atoms with Crippen molar-refractivity contribution in [3.8, 4) is 0 Å². The molecule has 0 saturated carbocycles. The molecule has 0 bridgehead atoms. The normalized spacial score (nSPS) is 13.2. The molecule has 0 spiro atoms. The molecule has 12 heavy (non-hydrogen) atoms. The van der Waals surface area contributed by atoms with Gasteiger partial charge in [0.1, 0.15) is 0 Å². The standard InChI is InChI=1S/C8H7Br2N.ClH/c9-5-3-7(10)6-1-2-11-8(6)4-5;/h3-4,11H,1-2H2;1H. The minimum Gasteiger partial charge on any atom is -0.384 e. The molecule has 0 atom stereocenters. The van der Waals surface area contributed by atoms with Gasteiger partial charge in [0.15, 0.2) is 0 Å². The lowest BCUT2D eigenvalue weighted by molar-refractivity contribution is 1.10. The Morgan fingerprint density at radius 1 is 1.25 bits per heavy atom.